The summed E-state index contributed by atoms with van der Waals surface area (Å²) in [7, 11) is 0. The first-order valence-electron chi connectivity index (χ1n) is 7.22. The van der Waals surface area contributed by atoms with E-state index in [2.05, 4.69) is 9.98 Å². The number of amidine groups is 1. The zero-order valence-corrected chi connectivity index (χ0v) is 12.8. The second-order valence-electron chi connectivity index (χ2n) is 5.64. The molecule has 1 aromatic carbocycles. The highest BCUT2D eigenvalue weighted by Crippen LogP contribution is 2.37. The van der Waals surface area contributed by atoms with Crippen LogP contribution in [0.15, 0.2) is 41.7 Å². The van der Waals surface area contributed by atoms with Gasteiger partial charge >= 0.3 is 0 Å². The molecule has 0 radical (unpaired) electrons. The number of nitriles is 1. The van der Waals surface area contributed by atoms with Crippen molar-refractivity contribution in [3.63, 3.8) is 0 Å². The molecule has 122 valence electrons. The Kier molecular flexibility index (Phi) is 3.89. The number of hydrogen-bond acceptors (Lipinski definition) is 5. The van der Waals surface area contributed by atoms with Crippen molar-refractivity contribution in [2.75, 3.05) is 6.61 Å². The van der Waals surface area contributed by atoms with Crippen molar-refractivity contribution >= 4 is 6.02 Å². The van der Waals surface area contributed by atoms with Gasteiger partial charge in [-0.05, 0) is 30.7 Å². The third-order valence-corrected chi connectivity index (χ3v) is 4.04. The molecule has 7 heteroatoms. The Morgan fingerprint density at radius 1 is 1.33 bits per heavy atom. The molecular weight excluding hydrogens is 314 g/mol. The molecule has 0 saturated heterocycles. The van der Waals surface area contributed by atoms with E-state index in [1.807, 2.05) is 6.07 Å². The second kappa shape index (κ2) is 5.89. The third kappa shape index (κ3) is 2.67. The molecule has 0 spiro atoms. The molecule has 1 aliphatic rings. The molecule has 1 aromatic heterocycles. The van der Waals surface area contributed by atoms with Crippen LogP contribution < -0.4 is 5.73 Å². The van der Waals surface area contributed by atoms with Gasteiger partial charge in [0.15, 0.2) is 6.17 Å². The molecule has 2 N–H and O–H groups in total. The minimum atomic E-state index is -1.54. The first kappa shape index (κ1) is 15.9. The van der Waals surface area contributed by atoms with Crippen molar-refractivity contribution in [2.45, 2.75) is 18.6 Å². The smallest absolute Gasteiger partial charge is 0.283 e. The minimum absolute atomic E-state index is 0.0705. The molecule has 0 bridgehead atoms. The summed E-state index contributed by atoms with van der Waals surface area (Å²) in [5.41, 5.74) is 5.73. The largest absolute Gasteiger partial charge is 0.462 e. The molecule has 0 saturated carbocycles. The lowest BCUT2D eigenvalue weighted by molar-refractivity contribution is 0.0923. The van der Waals surface area contributed by atoms with E-state index in [0.717, 1.165) is 0 Å². The van der Waals surface area contributed by atoms with Crippen LogP contribution in [-0.2, 0) is 10.3 Å². The fraction of sp³-hybridized carbons (Fsp3) is 0.235. The monoisotopic (exact) mass is 328 g/mol. The number of benzene rings is 1. The predicted molar refractivity (Wildman–Crippen MR) is 84.2 cm³/mol. The van der Waals surface area contributed by atoms with Crippen LogP contribution in [-0.4, -0.2) is 23.8 Å². The van der Waals surface area contributed by atoms with Crippen molar-refractivity contribution in [3.05, 3.63) is 53.6 Å². The lowest BCUT2D eigenvalue weighted by Gasteiger charge is -2.33. The summed E-state index contributed by atoms with van der Waals surface area (Å²) < 4.78 is 33.7. The minimum Gasteiger partial charge on any atom is -0.462 e. The summed E-state index contributed by atoms with van der Waals surface area (Å²) in [6, 6.07) is 7.73. The summed E-state index contributed by atoms with van der Waals surface area (Å²) >= 11 is 0. The SMILES string of the molecule is C[C@]1(c2cc(-c3cncc(C#N)c3)ccc2F)N=C(N)OC[C@@H]1F. The van der Waals surface area contributed by atoms with Crippen LogP contribution in [0.25, 0.3) is 11.1 Å². The fourth-order valence-corrected chi connectivity index (χ4v) is 2.63. The van der Waals surface area contributed by atoms with Crippen molar-refractivity contribution in [1.82, 2.24) is 4.98 Å². The zero-order valence-electron chi connectivity index (χ0n) is 12.8. The summed E-state index contributed by atoms with van der Waals surface area (Å²) in [5.74, 6) is -0.591. The summed E-state index contributed by atoms with van der Waals surface area (Å²) in [4.78, 5) is 7.97. The number of nitrogens with zero attached hydrogens (tertiary/aromatic N) is 3. The Labute approximate surface area is 137 Å². The van der Waals surface area contributed by atoms with Crippen LogP contribution in [0.5, 0.6) is 0 Å². The Morgan fingerprint density at radius 3 is 2.88 bits per heavy atom. The predicted octanol–water partition coefficient (Wildman–Crippen LogP) is 2.66. The van der Waals surface area contributed by atoms with E-state index < -0.39 is 17.5 Å². The van der Waals surface area contributed by atoms with Gasteiger partial charge < -0.3 is 10.5 Å². The lowest BCUT2D eigenvalue weighted by Crippen LogP contribution is -2.43. The van der Waals surface area contributed by atoms with E-state index in [0.29, 0.717) is 16.7 Å². The highest BCUT2D eigenvalue weighted by Gasteiger charge is 2.42. The average Bonchev–Trinajstić information content (AvgIpc) is 2.59. The molecule has 1 aliphatic heterocycles. The molecule has 2 atom stereocenters. The summed E-state index contributed by atoms with van der Waals surface area (Å²) in [5, 5.41) is 8.97. The van der Waals surface area contributed by atoms with Gasteiger partial charge in [0.2, 0.25) is 0 Å². The van der Waals surface area contributed by atoms with E-state index in [1.54, 1.807) is 18.3 Å². The molecule has 0 amide bonds. The molecule has 5 nitrogen and oxygen atoms in total. The van der Waals surface area contributed by atoms with Crippen molar-refractivity contribution in [1.29, 1.82) is 5.26 Å². The van der Waals surface area contributed by atoms with Gasteiger partial charge in [-0.15, -0.1) is 0 Å². The van der Waals surface area contributed by atoms with E-state index >= 15 is 0 Å². The fourth-order valence-electron chi connectivity index (χ4n) is 2.63. The Bertz CT molecular complexity index is 862. The van der Waals surface area contributed by atoms with Crippen LogP contribution in [0.3, 0.4) is 0 Å². The van der Waals surface area contributed by atoms with Gasteiger partial charge in [0.25, 0.3) is 6.02 Å². The molecule has 2 heterocycles. The van der Waals surface area contributed by atoms with Gasteiger partial charge in [0, 0.05) is 23.5 Å². The molecular formula is C17H14F2N4O. The van der Waals surface area contributed by atoms with Crippen LogP contribution >= 0.6 is 0 Å². The van der Waals surface area contributed by atoms with Crippen molar-refractivity contribution in [3.8, 4) is 17.2 Å². The van der Waals surface area contributed by atoms with E-state index in [1.165, 1.54) is 25.3 Å². The average molecular weight is 328 g/mol. The number of rotatable bonds is 2. The number of halogens is 2. The lowest BCUT2D eigenvalue weighted by atomic mass is 9.85. The number of nitrogens with two attached hydrogens (primary N) is 1. The Balaban J connectivity index is 2.13. The first-order valence-corrected chi connectivity index (χ1v) is 7.22. The maximum Gasteiger partial charge on any atom is 0.283 e. The molecule has 24 heavy (non-hydrogen) atoms. The topological polar surface area (TPSA) is 84.3 Å². The van der Waals surface area contributed by atoms with Gasteiger partial charge in [-0.1, -0.05) is 6.07 Å². The number of aliphatic imine (C=N–C) groups is 1. The van der Waals surface area contributed by atoms with Crippen LogP contribution in [0, 0.1) is 17.1 Å². The van der Waals surface area contributed by atoms with E-state index in [4.69, 9.17) is 15.7 Å². The molecule has 0 aliphatic carbocycles. The number of hydrogen-bond donors (Lipinski definition) is 1. The highest BCUT2D eigenvalue weighted by atomic mass is 19.1. The summed E-state index contributed by atoms with van der Waals surface area (Å²) in [6.07, 6.45) is 1.43. The van der Waals surface area contributed by atoms with Crippen LogP contribution in [0.1, 0.15) is 18.1 Å². The van der Waals surface area contributed by atoms with E-state index in [9.17, 15) is 8.78 Å². The molecule has 3 rings (SSSR count). The van der Waals surface area contributed by atoms with Gasteiger partial charge in [-0.25, -0.2) is 13.8 Å². The second-order valence-corrected chi connectivity index (χ2v) is 5.64. The van der Waals surface area contributed by atoms with Crippen molar-refractivity contribution in [2.24, 2.45) is 10.7 Å². The maximum absolute atomic E-state index is 14.4. The molecule has 2 aromatic rings. The normalized spacial score (nSPS) is 23.1. The zero-order chi connectivity index (χ0) is 17.3. The van der Waals surface area contributed by atoms with Gasteiger partial charge in [-0.2, -0.15) is 5.26 Å². The Morgan fingerprint density at radius 2 is 2.12 bits per heavy atom. The van der Waals surface area contributed by atoms with Gasteiger partial charge in [-0.3, -0.25) is 4.98 Å². The number of pyridine rings is 1. The van der Waals surface area contributed by atoms with Crippen LogP contribution in [0.4, 0.5) is 8.78 Å². The number of alkyl halides is 1. The summed E-state index contributed by atoms with van der Waals surface area (Å²) in [6.45, 7) is 1.18. The quantitative estimate of drug-likeness (QED) is 0.918. The molecule has 0 fully saturated rings. The maximum atomic E-state index is 14.4. The first-order chi connectivity index (χ1) is 11.4. The van der Waals surface area contributed by atoms with E-state index in [-0.39, 0.29) is 18.2 Å². The van der Waals surface area contributed by atoms with Gasteiger partial charge in [0.1, 0.15) is 24.0 Å². The molecule has 0 unspecified atom stereocenters. The number of ether oxygens (including phenoxy) is 1. The van der Waals surface area contributed by atoms with Crippen LogP contribution in [0.2, 0.25) is 0 Å². The Hall–Kier alpha value is -3.01. The third-order valence-electron chi connectivity index (χ3n) is 4.04. The highest BCUT2D eigenvalue weighted by molar-refractivity contribution is 5.73. The standard InChI is InChI=1S/C17H14F2N4O/c1-17(15(19)9-24-16(21)23-17)13-5-11(2-3-14(13)18)12-4-10(6-20)7-22-8-12/h2-5,7-8,15H,9H2,1H3,(H2,21,23)/t15-,17+/m0/s1. The van der Waals surface area contributed by atoms with Gasteiger partial charge in [0.05, 0.1) is 5.56 Å². The number of aromatic nitrogens is 1. The van der Waals surface area contributed by atoms with Crippen molar-refractivity contribution < 1.29 is 13.5 Å².